The molecule has 58 valence electrons. The fraction of sp³-hybridized carbons (Fsp3) is 0.500. The van der Waals surface area contributed by atoms with E-state index in [1.165, 1.54) is 0 Å². The number of hydrogen-bond acceptors (Lipinski definition) is 3. The number of carboxylic acids is 1. The van der Waals surface area contributed by atoms with Crippen LogP contribution >= 0.6 is 0 Å². The van der Waals surface area contributed by atoms with Crippen molar-refractivity contribution in [3.8, 4) is 0 Å². The van der Waals surface area contributed by atoms with E-state index >= 15 is 0 Å². The zero-order valence-corrected chi connectivity index (χ0v) is 4.79. The van der Waals surface area contributed by atoms with Gasteiger partial charge < -0.3 is 10.3 Å². The van der Waals surface area contributed by atoms with Crippen LogP contribution in [0.25, 0.3) is 0 Å². The highest BCUT2D eigenvalue weighted by Gasteiger charge is 2.37. The monoisotopic (exact) mass is 153 g/mol. The Bertz CT molecular complexity index is 157. The number of oxime groups is 1. The van der Waals surface area contributed by atoms with Crippen LogP contribution in [0.15, 0.2) is 5.16 Å². The molecule has 0 spiro atoms. The summed E-state index contributed by atoms with van der Waals surface area (Å²) in [7, 11) is 0. The summed E-state index contributed by atoms with van der Waals surface area (Å²) in [6.07, 6.45) is -0.674. The van der Waals surface area contributed by atoms with Gasteiger partial charge in [-0.15, -0.1) is 5.16 Å². The van der Waals surface area contributed by atoms with Crippen LogP contribution in [-0.2, 0) is 4.79 Å². The molecular formula is C4H5F2NO3. The van der Waals surface area contributed by atoms with Crippen molar-refractivity contribution in [2.75, 3.05) is 0 Å². The fourth-order valence-corrected chi connectivity index (χ4v) is 0.243. The van der Waals surface area contributed by atoms with Gasteiger partial charge in [0, 0.05) is 0 Å². The molecule has 0 radical (unpaired) electrons. The van der Waals surface area contributed by atoms with Gasteiger partial charge in [-0.2, -0.15) is 8.78 Å². The molecule has 0 atom stereocenters. The van der Waals surface area contributed by atoms with E-state index in [0.29, 0.717) is 6.21 Å². The van der Waals surface area contributed by atoms with Gasteiger partial charge in [-0.1, -0.05) is 0 Å². The number of alkyl halides is 2. The largest absolute Gasteiger partial charge is 0.477 e. The summed E-state index contributed by atoms with van der Waals surface area (Å²) in [6.45, 7) is 0. The van der Waals surface area contributed by atoms with E-state index in [2.05, 4.69) is 5.16 Å². The van der Waals surface area contributed by atoms with E-state index in [0.717, 1.165) is 0 Å². The Morgan fingerprint density at radius 3 is 2.50 bits per heavy atom. The van der Waals surface area contributed by atoms with Crippen molar-refractivity contribution in [3.63, 3.8) is 0 Å². The Hall–Kier alpha value is -1.20. The topological polar surface area (TPSA) is 69.9 Å². The lowest BCUT2D eigenvalue weighted by Gasteiger charge is -2.05. The van der Waals surface area contributed by atoms with Crippen LogP contribution in [0.1, 0.15) is 6.42 Å². The van der Waals surface area contributed by atoms with Gasteiger partial charge >= 0.3 is 11.9 Å². The SMILES string of the molecule is O=C(O)C(F)(F)CC=NO. The van der Waals surface area contributed by atoms with Crippen LogP contribution in [0.2, 0.25) is 0 Å². The number of rotatable bonds is 3. The maximum atomic E-state index is 11.9. The standard InChI is InChI=1S/C4H5F2NO3/c5-4(6,3(8)9)1-2-7-10/h2,10H,1H2,(H,8,9). The van der Waals surface area contributed by atoms with Gasteiger partial charge in [-0.3, -0.25) is 0 Å². The van der Waals surface area contributed by atoms with Gasteiger partial charge in [0.05, 0.1) is 12.6 Å². The van der Waals surface area contributed by atoms with E-state index in [-0.39, 0.29) is 0 Å². The van der Waals surface area contributed by atoms with Crippen molar-refractivity contribution in [3.05, 3.63) is 0 Å². The minimum atomic E-state index is -3.84. The first-order valence-electron chi connectivity index (χ1n) is 2.28. The zero-order valence-electron chi connectivity index (χ0n) is 4.79. The molecule has 4 nitrogen and oxygen atoms in total. The Labute approximate surface area is 54.8 Å². The molecular weight excluding hydrogens is 148 g/mol. The summed E-state index contributed by atoms with van der Waals surface area (Å²) in [4.78, 5) is 9.63. The van der Waals surface area contributed by atoms with Crippen LogP contribution in [0.5, 0.6) is 0 Å². The molecule has 0 aromatic heterocycles. The average molecular weight is 153 g/mol. The summed E-state index contributed by atoms with van der Waals surface area (Å²) < 4.78 is 23.9. The molecule has 0 aliphatic rings. The third kappa shape index (κ3) is 2.38. The summed E-state index contributed by atoms with van der Waals surface area (Å²) in [6, 6.07) is 0. The molecule has 0 saturated carbocycles. The minimum absolute atomic E-state index is 0.425. The van der Waals surface area contributed by atoms with E-state index in [1.54, 1.807) is 0 Å². The van der Waals surface area contributed by atoms with Crippen LogP contribution in [0, 0.1) is 0 Å². The van der Waals surface area contributed by atoms with Crippen LogP contribution in [0.4, 0.5) is 8.78 Å². The average Bonchev–Trinajstić information content (AvgIpc) is 1.84. The van der Waals surface area contributed by atoms with Gasteiger partial charge in [0.15, 0.2) is 0 Å². The smallest absolute Gasteiger partial charge is 0.374 e. The Kier molecular flexibility index (Phi) is 2.72. The molecule has 10 heavy (non-hydrogen) atoms. The van der Waals surface area contributed by atoms with Crippen molar-refractivity contribution in [2.45, 2.75) is 12.3 Å². The molecule has 0 rings (SSSR count). The van der Waals surface area contributed by atoms with Crippen molar-refractivity contribution in [1.29, 1.82) is 0 Å². The molecule has 6 heteroatoms. The highest BCUT2D eigenvalue weighted by Crippen LogP contribution is 2.16. The van der Waals surface area contributed by atoms with Crippen LogP contribution in [0.3, 0.4) is 0 Å². The number of carboxylic acid groups (broad SMARTS) is 1. The summed E-state index contributed by atoms with van der Waals surface area (Å²) >= 11 is 0. The van der Waals surface area contributed by atoms with E-state index < -0.39 is 18.3 Å². The molecule has 0 amide bonds. The van der Waals surface area contributed by atoms with Crippen molar-refractivity contribution >= 4 is 12.2 Å². The second-order valence-corrected chi connectivity index (χ2v) is 1.51. The first kappa shape index (κ1) is 8.80. The van der Waals surface area contributed by atoms with Crippen molar-refractivity contribution in [1.82, 2.24) is 0 Å². The van der Waals surface area contributed by atoms with Gasteiger partial charge in [-0.05, 0) is 0 Å². The predicted molar refractivity (Wildman–Crippen MR) is 27.5 cm³/mol. The molecule has 0 saturated heterocycles. The lowest BCUT2D eigenvalue weighted by atomic mass is 10.2. The molecule has 0 unspecified atom stereocenters. The van der Waals surface area contributed by atoms with Crippen LogP contribution in [-0.4, -0.2) is 28.4 Å². The normalized spacial score (nSPS) is 12.2. The Morgan fingerprint density at radius 2 is 2.20 bits per heavy atom. The fourth-order valence-electron chi connectivity index (χ4n) is 0.243. The molecule has 0 aromatic rings. The molecule has 0 fully saturated rings. The molecule has 0 bridgehead atoms. The van der Waals surface area contributed by atoms with Crippen molar-refractivity contribution < 1.29 is 23.9 Å². The first-order chi connectivity index (χ1) is 4.50. The highest BCUT2D eigenvalue weighted by atomic mass is 19.3. The number of hydrogen-bond donors (Lipinski definition) is 2. The summed E-state index contributed by atoms with van der Waals surface area (Å²) in [5.41, 5.74) is 0. The Morgan fingerprint density at radius 1 is 1.70 bits per heavy atom. The second-order valence-electron chi connectivity index (χ2n) is 1.51. The predicted octanol–water partition coefficient (Wildman–Crippen LogP) is 0.556. The second kappa shape index (κ2) is 3.09. The summed E-state index contributed by atoms with van der Waals surface area (Å²) in [5.74, 6) is -6.07. The third-order valence-electron chi connectivity index (χ3n) is 0.742. The van der Waals surface area contributed by atoms with Crippen LogP contribution < -0.4 is 0 Å². The number of halogens is 2. The molecule has 0 heterocycles. The lowest BCUT2D eigenvalue weighted by molar-refractivity contribution is -0.163. The maximum absolute atomic E-state index is 11.9. The molecule has 0 aromatic carbocycles. The lowest BCUT2D eigenvalue weighted by Crippen LogP contribution is -2.28. The first-order valence-corrected chi connectivity index (χ1v) is 2.28. The highest BCUT2D eigenvalue weighted by molar-refractivity contribution is 5.79. The number of carbonyl (C=O) groups is 1. The van der Waals surface area contributed by atoms with Crippen molar-refractivity contribution in [2.24, 2.45) is 5.16 Å². The van der Waals surface area contributed by atoms with E-state index in [1.807, 2.05) is 0 Å². The maximum Gasteiger partial charge on any atom is 0.374 e. The number of aliphatic carboxylic acids is 1. The quantitative estimate of drug-likeness (QED) is 0.353. The van der Waals surface area contributed by atoms with Gasteiger partial charge in [0.25, 0.3) is 0 Å². The molecule has 0 aliphatic carbocycles. The molecule has 2 N–H and O–H groups in total. The Balaban J connectivity index is 3.99. The minimum Gasteiger partial charge on any atom is -0.477 e. The molecule has 0 aliphatic heterocycles. The summed E-state index contributed by atoms with van der Waals surface area (Å²) in [5, 5.41) is 17.7. The van der Waals surface area contributed by atoms with E-state index in [9.17, 15) is 13.6 Å². The van der Waals surface area contributed by atoms with Gasteiger partial charge in [0.1, 0.15) is 0 Å². The van der Waals surface area contributed by atoms with Gasteiger partial charge in [-0.25, -0.2) is 4.79 Å². The third-order valence-corrected chi connectivity index (χ3v) is 0.742. The van der Waals surface area contributed by atoms with Gasteiger partial charge in [0.2, 0.25) is 0 Å². The van der Waals surface area contributed by atoms with E-state index in [4.69, 9.17) is 10.3 Å². The number of nitrogens with zero attached hydrogens (tertiary/aromatic N) is 1. The zero-order chi connectivity index (χ0) is 8.20.